The van der Waals surface area contributed by atoms with Crippen LogP contribution in [0, 0.1) is 0 Å². The predicted octanol–water partition coefficient (Wildman–Crippen LogP) is 2.95. The minimum absolute atomic E-state index is 0.103. The Kier molecular flexibility index (Phi) is 7.49. The molecule has 9 heteroatoms. The van der Waals surface area contributed by atoms with Crippen molar-refractivity contribution < 1.29 is 18.4 Å². The van der Waals surface area contributed by atoms with Crippen LogP contribution in [-0.2, 0) is 20.6 Å². The average Bonchev–Trinajstić information content (AvgIpc) is 2.72. The number of anilines is 1. The monoisotopic (exact) mass is 449 g/mol. The van der Waals surface area contributed by atoms with E-state index in [0.29, 0.717) is 36.5 Å². The second-order valence-electron chi connectivity index (χ2n) is 7.14. The predicted molar refractivity (Wildman–Crippen MR) is 118 cm³/mol. The summed E-state index contributed by atoms with van der Waals surface area (Å²) in [6, 6.07) is 14.4. The van der Waals surface area contributed by atoms with Crippen LogP contribution in [0.25, 0.3) is 6.08 Å². The number of hydroxylamine groups is 1. The summed E-state index contributed by atoms with van der Waals surface area (Å²) in [5.74, 6) is -0.702. The highest BCUT2D eigenvalue weighted by Gasteiger charge is 2.24. The zero-order valence-corrected chi connectivity index (χ0v) is 17.9. The van der Waals surface area contributed by atoms with Gasteiger partial charge in [0.15, 0.2) is 0 Å². The first-order chi connectivity index (χ1) is 14.4. The van der Waals surface area contributed by atoms with Crippen molar-refractivity contribution in [2.24, 2.45) is 0 Å². The van der Waals surface area contributed by atoms with E-state index in [4.69, 9.17) is 16.8 Å². The molecule has 30 heavy (non-hydrogen) atoms. The van der Waals surface area contributed by atoms with Crippen LogP contribution < -0.4 is 15.1 Å². The second kappa shape index (κ2) is 10.1. The molecule has 1 fully saturated rings. The van der Waals surface area contributed by atoms with Crippen molar-refractivity contribution in [2.45, 2.75) is 24.6 Å². The van der Waals surface area contributed by atoms with Gasteiger partial charge in [0.25, 0.3) is 5.91 Å². The Morgan fingerprint density at radius 2 is 1.90 bits per heavy atom. The number of hydrogen-bond acceptors (Lipinski definition) is 5. The third-order valence-corrected chi connectivity index (χ3v) is 6.53. The van der Waals surface area contributed by atoms with Crippen molar-refractivity contribution in [2.75, 3.05) is 18.0 Å². The highest BCUT2D eigenvalue weighted by Crippen LogP contribution is 2.25. The topological polar surface area (TPSA) is 98.7 Å². The summed E-state index contributed by atoms with van der Waals surface area (Å²) in [5.41, 5.74) is 4.03. The summed E-state index contributed by atoms with van der Waals surface area (Å²) in [6.45, 7) is 1.36. The first-order valence-electron chi connectivity index (χ1n) is 9.57. The number of hydrogen-bond donors (Lipinski definition) is 3. The number of para-hydroxylation sites is 1. The zero-order chi connectivity index (χ0) is 21.6. The number of carbonyl (C=O) groups excluding carboxylic acids is 1. The van der Waals surface area contributed by atoms with E-state index in [1.165, 1.54) is 6.08 Å². The van der Waals surface area contributed by atoms with E-state index < -0.39 is 15.9 Å². The van der Waals surface area contributed by atoms with Gasteiger partial charge in [-0.15, -0.1) is 0 Å². The maximum atomic E-state index is 12.5. The third-order valence-electron chi connectivity index (χ3n) is 4.89. The lowest BCUT2D eigenvalue weighted by atomic mass is 10.0. The van der Waals surface area contributed by atoms with E-state index in [1.54, 1.807) is 35.8 Å². The molecule has 0 atom stereocenters. The molecular formula is C21H24ClN3O4S. The molecule has 0 spiro atoms. The molecule has 7 nitrogen and oxygen atoms in total. The molecule has 1 aliphatic rings. The summed E-state index contributed by atoms with van der Waals surface area (Å²) in [7, 11) is -3.47. The molecule has 0 aromatic heterocycles. The SMILES string of the molecule is O=C(C=Cc1ccccc1N1CCC(NS(=O)(=O)Cc2cccc(Cl)c2)CC1)NO. The van der Waals surface area contributed by atoms with Gasteiger partial charge in [-0.1, -0.05) is 41.9 Å². The Bertz CT molecular complexity index is 1020. The van der Waals surface area contributed by atoms with Gasteiger partial charge in [0, 0.05) is 35.9 Å². The maximum Gasteiger partial charge on any atom is 0.267 e. The molecule has 2 aromatic rings. The first-order valence-corrected chi connectivity index (χ1v) is 11.6. The van der Waals surface area contributed by atoms with Crippen molar-refractivity contribution in [1.82, 2.24) is 10.2 Å². The number of nitrogens with one attached hydrogen (secondary N) is 2. The number of amides is 1. The highest BCUT2D eigenvalue weighted by molar-refractivity contribution is 7.88. The number of halogens is 1. The molecule has 1 amide bonds. The molecule has 0 aliphatic carbocycles. The normalized spacial score (nSPS) is 15.5. The molecule has 0 radical (unpaired) electrons. The van der Waals surface area contributed by atoms with Crippen LogP contribution >= 0.6 is 11.6 Å². The summed E-state index contributed by atoms with van der Waals surface area (Å²) >= 11 is 5.94. The maximum absolute atomic E-state index is 12.5. The number of nitrogens with zero attached hydrogens (tertiary/aromatic N) is 1. The van der Waals surface area contributed by atoms with Crippen molar-refractivity contribution in [3.05, 3.63) is 70.8 Å². The number of carbonyl (C=O) groups is 1. The van der Waals surface area contributed by atoms with E-state index >= 15 is 0 Å². The molecule has 2 aromatic carbocycles. The molecule has 0 unspecified atom stereocenters. The largest absolute Gasteiger partial charge is 0.371 e. The Labute approximate surface area is 181 Å². The van der Waals surface area contributed by atoms with Gasteiger partial charge in [0.05, 0.1) is 5.75 Å². The molecule has 1 saturated heterocycles. The van der Waals surface area contributed by atoms with Crippen LogP contribution in [-0.4, -0.2) is 38.7 Å². The van der Waals surface area contributed by atoms with E-state index in [1.807, 2.05) is 24.3 Å². The van der Waals surface area contributed by atoms with Crippen LogP contribution in [0.2, 0.25) is 5.02 Å². The lowest BCUT2D eigenvalue weighted by Gasteiger charge is -2.34. The molecular weight excluding hydrogens is 426 g/mol. The van der Waals surface area contributed by atoms with E-state index in [-0.39, 0.29) is 11.8 Å². The molecule has 1 aliphatic heterocycles. The fourth-order valence-corrected chi connectivity index (χ4v) is 5.16. The van der Waals surface area contributed by atoms with Crippen LogP contribution in [0.1, 0.15) is 24.0 Å². The summed E-state index contributed by atoms with van der Waals surface area (Å²) in [6.07, 6.45) is 4.24. The Morgan fingerprint density at radius 3 is 2.60 bits per heavy atom. The van der Waals surface area contributed by atoms with Crippen LogP contribution in [0.4, 0.5) is 5.69 Å². The third kappa shape index (κ3) is 6.30. The standard InChI is InChI=1S/C21H24ClN3O4S/c22-18-6-3-4-16(14-18)15-30(28,29)24-19-10-12-25(13-11-19)20-7-2-1-5-17(20)8-9-21(26)23-27/h1-9,14,19,24,27H,10-13,15H2,(H,23,26). The number of rotatable bonds is 7. The lowest BCUT2D eigenvalue weighted by Crippen LogP contribution is -2.45. The number of benzene rings is 2. The molecule has 3 rings (SSSR count). The van der Waals surface area contributed by atoms with Crippen molar-refractivity contribution in [1.29, 1.82) is 0 Å². The minimum atomic E-state index is -3.47. The van der Waals surface area contributed by atoms with Gasteiger partial charge in [0.1, 0.15) is 0 Å². The van der Waals surface area contributed by atoms with Crippen molar-refractivity contribution >= 4 is 39.3 Å². The molecule has 0 saturated carbocycles. The fraction of sp³-hybridized carbons (Fsp3) is 0.286. The van der Waals surface area contributed by atoms with Gasteiger partial charge in [0.2, 0.25) is 10.0 Å². The molecule has 3 N–H and O–H groups in total. The smallest absolute Gasteiger partial charge is 0.267 e. The van der Waals surface area contributed by atoms with Gasteiger partial charge < -0.3 is 4.90 Å². The number of sulfonamides is 1. The van der Waals surface area contributed by atoms with Gasteiger partial charge in [-0.2, -0.15) is 0 Å². The zero-order valence-electron chi connectivity index (χ0n) is 16.3. The fourth-order valence-electron chi connectivity index (χ4n) is 3.50. The minimum Gasteiger partial charge on any atom is -0.371 e. The van der Waals surface area contributed by atoms with Gasteiger partial charge in [-0.3, -0.25) is 10.0 Å². The van der Waals surface area contributed by atoms with Gasteiger partial charge in [-0.05, 0) is 48.2 Å². The molecule has 1 heterocycles. The molecule has 160 valence electrons. The Morgan fingerprint density at radius 1 is 1.17 bits per heavy atom. The summed E-state index contributed by atoms with van der Waals surface area (Å²) in [4.78, 5) is 13.4. The van der Waals surface area contributed by atoms with Crippen LogP contribution in [0.15, 0.2) is 54.6 Å². The quantitative estimate of drug-likeness (QED) is 0.343. The van der Waals surface area contributed by atoms with Crippen molar-refractivity contribution in [3.8, 4) is 0 Å². The Hall–Kier alpha value is -2.39. The average molecular weight is 450 g/mol. The Balaban J connectivity index is 1.60. The van der Waals surface area contributed by atoms with Gasteiger partial charge >= 0.3 is 0 Å². The summed E-state index contributed by atoms with van der Waals surface area (Å²) in [5, 5.41) is 9.15. The van der Waals surface area contributed by atoms with Crippen LogP contribution in [0.3, 0.4) is 0 Å². The van der Waals surface area contributed by atoms with E-state index in [9.17, 15) is 13.2 Å². The second-order valence-corrected chi connectivity index (χ2v) is 9.33. The lowest BCUT2D eigenvalue weighted by molar-refractivity contribution is -0.124. The van der Waals surface area contributed by atoms with Crippen molar-refractivity contribution in [3.63, 3.8) is 0 Å². The number of piperidine rings is 1. The molecule has 0 bridgehead atoms. The van der Waals surface area contributed by atoms with E-state index in [2.05, 4.69) is 9.62 Å². The first kappa shape index (κ1) is 22.3. The van der Waals surface area contributed by atoms with Crippen LogP contribution in [0.5, 0.6) is 0 Å². The van der Waals surface area contributed by atoms with Gasteiger partial charge in [-0.25, -0.2) is 18.6 Å². The summed E-state index contributed by atoms with van der Waals surface area (Å²) < 4.78 is 27.9. The highest BCUT2D eigenvalue weighted by atomic mass is 35.5. The van der Waals surface area contributed by atoms with E-state index in [0.717, 1.165) is 11.3 Å².